The van der Waals surface area contributed by atoms with Gasteiger partial charge in [-0.2, -0.15) is 0 Å². The molecular formula is C25H21Cl2N3O5. The lowest BCUT2D eigenvalue weighted by atomic mass is 10.1. The van der Waals surface area contributed by atoms with Crippen LogP contribution in [0.3, 0.4) is 0 Å². The van der Waals surface area contributed by atoms with Crippen LogP contribution in [-0.4, -0.2) is 32.6 Å². The van der Waals surface area contributed by atoms with E-state index in [4.69, 9.17) is 33.0 Å². The van der Waals surface area contributed by atoms with Crippen LogP contribution in [0.15, 0.2) is 57.3 Å². The summed E-state index contributed by atoms with van der Waals surface area (Å²) in [6.07, 6.45) is 2.72. The molecule has 0 unspecified atom stereocenters. The fourth-order valence-electron chi connectivity index (χ4n) is 3.73. The van der Waals surface area contributed by atoms with Gasteiger partial charge in [0.1, 0.15) is 21.6 Å². The molecule has 2 heterocycles. The molecule has 8 nitrogen and oxygen atoms in total. The molecule has 1 amide bonds. The number of benzene rings is 2. The maximum Gasteiger partial charge on any atom is 0.349 e. The van der Waals surface area contributed by atoms with Crippen molar-refractivity contribution in [3.63, 3.8) is 0 Å². The van der Waals surface area contributed by atoms with Crippen LogP contribution in [0.2, 0.25) is 0 Å². The van der Waals surface area contributed by atoms with E-state index in [1.165, 1.54) is 12.1 Å². The average molecular weight is 514 g/mol. The number of anilines is 1. The van der Waals surface area contributed by atoms with Crippen LogP contribution in [0.1, 0.15) is 31.7 Å². The SMILES string of the molecule is CC(C)Oc1ccc(C=C2CCn3c2nc2cc(NC(=O)C(Cl)=C(Cl)C(=O)O)ccc2c3=O)cc1. The lowest BCUT2D eigenvalue weighted by molar-refractivity contribution is -0.132. The Labute approximate surface area is 210 Å². The molecule has 180 valence electrons. The molecule has 3 aromatic rings. The third-order valence-electron chi connectivity index (χ3n) is 5.28. The fraction of sp³-hybridized carbons (Fsp3) is 0.200. The van der Waals surface area contributed by atoms with E-state index < -0.39 is 21.9 Å². The molecule has 35 heavy (non-hydrogen) atoms. The highest BCUT2D eigenvalue weighted by Crippen LogP contribution is 2.29. The zero-order chi connectivity index (χ0) is 25.3. The average Bonchev–Trinajstić information content (AvgIpc) is 3.21. The molecule has 0 saturated heterocycles. The molecule has 1 aliphatic rings. The Hall–Kier alpha value is -3.62. The van der Waals surface area contributed by atoms with Gasteiger partial charge >= 0.3 is 5.97 Å². The monoisotopic (exact) mass is 513 g/mol. The van der Waals surface area contributed by atoms with E-state index in [0.717, 1.165) is 16.9 Å². The smallest absolute Gasteiger partial charge is 0.349 e. The van der Waals surface area contributed by atoms with Crippen LogP contribution in [-0.2, 0) is 16.1 Å². The van der Waals surface area contributed by atoms with Crippen molar-refractivity contribution in [3.8, 4) is 5.75 Å². The van der Waals surface area contributed by atoms with Gasteiger partial charge in [-0.3, -0.25) is 14.2 Å². The number of carbonyl (C=O) groups is 2. The number of hydrogen-bond donors (Lipinski definition) is 2. The zero-order valence-electron chi connectivity index (χ0n) is 18.8. The van der Waals surface area contributed by atoms with Gasteiger partial charge in [-0.1, -0.05) is 35.3 Å². The number of rotatable bonds is 6. The molecule has 0 fully saturated rings. The van der Waals surface area contributed by atoms with E-state index in [0.29, 0.717) is 29.7 Å². The van der Waals surface area contributed by atoms with E-state index in [9.17, 15) is 14.4 Å². The van der Waals surface area contributed by atoms with Crippen molar-refractivity contribution >= 4 is 63.3 Å². The number of nitrogens with one attached hydrogen (secondary N) is 1. The van der Waals surface area contributed by atoms with Crippen molar-refractivity contribution in [1.29, 1.82) is 0 Å². The molecular weight excluding hydrogens is 493 g/mol. The number of carboxylic acid groups (broad SMARTS) is 1. The second-order valence-electron chi connectivity index (χ2n) is 8.17. The number of allylic oxidation sites excluding steroid dienone is 1. The summed E-state index contributed by atoms with van der Waals surface area (Å²) in [5.74, 6) is -1.07. The predicted octanol–water partition coefficient (Wildman–Crippen LogP) is 4.84. The molecule has 2 aromatic carbocycles. The Bertz CT molecular complexity index is 1460. The fourth-order valence-corrected chi connectivity index (χ4v) is 3.94. The standard InChI is InChI=1S/C25H21Cl2N3O5/c1-13(2)35-17-6-3-14(4-7-17)11-15-9-10-30-22(15)29-19-12-16(5-8-18(19)24(30)32)28-23(31)20(26)21(27)25(33)34/h3-8,11-13H,9-10H2,1-2H3,(H,28,31)(H,33,34). The largest absolute Gasteiger partial charge is 0.491 e. The summed E-state index contributed by atoms with van der Waals surface area (Å²) in [6, 6.07) is 12.3. The Balaban J connectivity index is 1.66. The van der Waals surface area contributed by atoms with Gasteiger partial charge < -0.3 is 15.2 Å². The number of amides is 1. The summed E-state index contributed by atoms with van der Waals surface area (Å²) in [6.45, 7) is 4.45. The predicted molar refractivity (Wildman–Crippen MR) is 136 cm³/mol. The van der Waals surface area contributed by atoms with Gasteiger partial charge in [-0.15, -0.1) is 0 Å². The Morgan fingerprint density at radius 3 is 2.51 bits per heavy atom. The Morgan fingerprint density at radius 2 is 1.86 bits per heavy atom. The molecule has 1 aliphatic heterocycles. The molecule has 1 aromatic heterocycles. The number of nitrogens with zero attached hydrogens (tertiary/aromatic N) is 2. The molecule has 0 spiro atoms. The van der Waals surface area contributed by atoms with Gasteiger partial charge in [0.25, 0.3) is 11.5 Å². The van der Waals surface area contributed by atoms with Crippen molar-refractivity contribution in [1.82, 2.24) is 9.55 Å². The van der Waals surface area contributed by atoms with E-state index in [1.54, 1.807) is 10.6 Å². The van der Waals surface area contributed by atoms with Gasteiger partial charge in [-0.25, -0.2) is 9.78 Å². The summed E-state index contributed by atoms with van der Waals surface area (Å²) in [5.41, 5.74) is 2.36. The number of hydrogen-bond acceptors (Lipinski definition) is 5. The molecule has 0 aliphatic carbocycles. The van der Waals surface area contributed by atoms with E-state index >= 15 is 0 Å². The second kappa shape index (κ2) is 9.93. The van der Waals surface area contributed by atoms with E-state index in [1.807, 2.05) is 44.2 Å². The summed E-state index contributed by atoms with van der Waals surface area (Å²) < 4.78 is 7.32. The molecule has 0 atom stereocenters. The van der Waals surface area contributed by atoms with Gasteiger partial charge in [0.2, 0.25) is 0 Å². The van der Waals surface area contributed by atoms with Crippen molar-refractivity contribution < 1.29 is 19.4 Å². The van der Waals surface area contributed by atoms with Crippen LogP contribution >= 0.6 is 23.2 Å². The van der Waals surface area contributed by atoms with Crippen LogP contribution in [0, 0.1) is 0 Å². The number of aliphatic carboxylic acids is 1. The first-order chi connectivity index (χ1) is 16.6. The number of fused-ring (bicyclic) bond motifs is 2. The lowest BCUT2D eigenvalue weighted by Gasteiger charge is -2.10. The molecule has 0 radical (unpaired) electrons. The minimum atomic E-state index is -1.52. The number of carboxylic acids is 1. The number of ether oxygens (including phenoxy) is 1. The minimum Gasteiger partial charge on any atom is -0.491 e. The van der Waals surface area contributed by atoms with Gasteiger partial charge in [0, 0.05) is 12.2 Å². The summed E-state index contributed by atoms with van der Waals surface area (Å²) in [4.78, 5) is 40.9. The van der Waals surface area contributed by atoms with Crippen LogP contribution in [0.5, 0.6) is 5.75 Å². The summed E-state index contributed by atoms with van der Waals surface area (Å²) in [7, 11) is 0. The zero-order valence-corrected chi connectivity index (χ0v) is 20.4. The third kappa shape index (κ3) is 5.23. The van der Waals surface area contributed by atoms with Gasteiger partial charge in [-0.05, 0) is 67.8 Å². The number of aromatic nitrogens is 2. The molecule has 0 saturated carbocycles. The molecule has 10 heteroatoms. The van der Waals surface area contributed by atoms with E-state index in [2.05, 4.69) is 10.3 Å². The van der Waals surface area contributed by atoms with Crippen molar-refractivity contribution in [2.24, 2.45) is 0 Å². The summed E-state index contributed by atoms with van der Waals surface area (Å²) >= 11 is 11.3. The van der Waals surface area contributed by atoms with Gasteiger partial charge in [0.15, 0.2) is 0 Å². The minimum absolute atomic E-state index is 0.0844. The highest BCUT2D eigenvalue weighted by Gasteiger charge is 2.22. The number of halogens is 2. The first-order valence-electron chi connectivity index (χ1n) is 10.8. The first-order valence-corrected chi connectivity index (χ1v) is 11.5. The summed E-state index contributed by atoms with van der Waals surface area (Å²) in [5, 5.41) is 10.3. The Kier molecular flexibility index (Phi) is 6.95. The molecule has 2 N–H and O–H groups in total. The molecule has 4 rings (SSSR count). The maximum atomic E-state index is 13.1. The normalized spacial score (nSPS) is 14.7. The van der Waals surface area contributed by atoms with Crippen molar-refractivity contribution in [2.75, 3.05) is 5.32 Å². The highest BCUT2D eigenvalue weighted by molar-refractivity contribution is 6.54. The second-order valence-corrected chi connectivity index (χ2v) is 8.92. The lowest BCUT2D eigenvalue weighted by Crippen LogP contribution is -2.21. The van der Waals surface area contributed by atoms with Crippen LogP contribution in [0.4, 0.5) is 5.69 Å². The molecule has 0 bridgehead atoms. The number of carbonyl (C=O) groups excluding carboxylic acids is 1. The topological polar surface area (TPSA) is 111 Å². The van der Waals surface area contributed by atoms with E-state index in [-0.39, 0.29) is 17.4 Å². The quantitative estimate of drug-likeness (QED) is 0.456. The van der Waals surface area contributed by atoms with Gasteiger partial charge in [0.05, 0.1) is 17.0 Å². The first kappa shape index (κ1) is 24.5. The highest BCUT2D eigenvalue weighted by atomic mass is 35.5. The maximum absolute atomic E-state index is 13.1. The Morgan fingerprint density at radius 1 is 1.14 bits per heavy atom. The van der Waals surface area contributed by atoms with Crippen LogP contribution < -0.4 is 15.6 Å². The van der Waals surface area contributed by atoms with Crippen molar-refractivity contribution in [2.45, 2.75) is 32.9 Å². The van der Waals surface area contributed by atoms with Crippen LogP contribution in [0.25, 0.3) is 22.6 Å². The third-order valence-corrected chi connectivity index (χ3v) is 6.09. The van der Waals surface area contributed by atoms with Crippen molar-refractivity contribution in [3.05, 3.63) is 74.3 Å².